The molecule has 18 heavy (non-hydrogen) atoms. The number of aryl methyl sites for hydroxylation is 1. The Kier molecular flexibility index (Phi) is 3.89. The zero-order valence-corrected chi connectivity index (χ0v) is 10.7. The molecule has 0 aliphatic heterocycles. The van der Waals surface area contributed by atoms with Gasteiger partial charge in [-0.15, -0.1) is 0 Å². The van der Waals surface area contributed by atoms with Crippen molar-refractivity contribution in [3.05, 3.63) is 41.7 Å². The second kappa shape index (κ2) is 5.60. The molecule has 1 heterocycles. The minimum atomic E-state index is 0.595. The van der Waals surface area contributed by atoms with Crippen LogP contribution in [0, 0.1) is 6.92 Å². The molecule has 2 N–H and O–H groups in total. The summed E-state index contributed by atoms with van der Waals surface area (Å²) in [7, 11) is 1.67. The molecule has 94 valence electrons. The minimum Gasteiger partial charge on any atom is -0.496 e. The van der Waals surface area contributed by atoms with Crippen LogP contribution in [-0.4, -0.2) is 23.6 Å². The van der Waals surface area contributed by atoms with Crippen molar-refractivity contribution in [1.29, 1.82) is 0 Å². The first kappa shape index (κ1) is 12.5. The van der Waals surface area contributed by atoms with Crippen LogP contribution < -0.4 is 10.5 Å². The summed E-state index contributed by atoms with van der Waals surface area (Å²) >= 11 is 0. The summed E-state index contributed by atoms with van der Waals surface area (Å²) in [6.45, 7) is 2.60. The van der Waals surface area contributed by atoms with Gasteiger partial charge in [0.15, 0.2) is 5.82 Å². The molecule has 0 spiro atoms. The molecule has 2 aromatic rings. The zero-order valence-electron chi connectivity index (χ0n) is 10.7. The fourth-order valence-electron chi connectivity index (χ4n) is 1.84. The van der Waals surface area contributed by atoms with Crippen LogP contribution in [0.25, 0.3) is 11.4 Å². The first-order valence-corrected chi connectivity index (χ1v) is 5.91. The Morgan fingerprint density at radius 2 is 2.11 bits per heavy atom. The molecule has 1 aromatic carbocycles. The lowest BCUT2D eigenvalue weighted by molar-refractivity contribution is 0.412. The van der Waals surface area contributed by atoms with Crippen LogP contribution in [0.15, 0.2) is 30.5 Å². The van der Waals surface area contributed by atoms with Crippen LogP contribution in [0.3, 0.4) is 0 Å². The van der Waals surface area contributed by atoms with E-state index in [1.807, 2.05) is 31.2 Å². The summed E-state index contributed by atoms with van der Waals surface area (Å²) in [5, 5.41) is 0. The number of rotatable bonds is 4. The Balaban J connectivity index is 2.36. The fourth-order valence-corrected chi connectivity index (χ4v) is 1.84. The summed E-state index contributed by atoms with van der Waals surface area (Å²) in [6.07, 6.45) is 2.54. The van der Waals surface area contributed by atoms with E-state index in [-0.39, 0.29) is 0 Å². The third-order valence-corrected chi connectivity index (χ3v) is 2.77. The van der Waals surface area contributed by atoms with E-state index in [2.05, 4.69) is 9.97 Å². The predicted octanol–water partition coefficient (Wildman–Crippen LogP) is 1.96. The highest BCUT2D eigenvalue weighted by molar-refractivity contribution is 5.58. The van der Waals surface area contributed by atoms with E-state index in [1.54, 1.807) is 13.3 Å². The number of hydrogen-bond acceptors (Lipinski definition) is 4. The smallest absolute Gasteiger partial charge is 0.159 e. The quantitative estimate of drug-likeness (QED) is 0.891. The molecule has 0 saturated heterocycles. The molecule has 4 nitrogen and oxygen atoms in total. The average Bonchev–Trinajstić information content (AvgIpc) is 2.39. The Hall–Kier alpha value is -1.94. The summed E-state index contributed by atoms with van der Waals surface area (Å²) in [5.74, 6) is 1.60. The molecule has 0 radical (unpaired) electrons. The molecular weight excluding hydrogens is 226 g/mol. The first-order chi connectivity index (χ1) is 8.74. The van der Waals surface area contributed by atoms with Crippen LogP contribution in [0.4, 0.5) is 0 Å². The molecule has 0 saturated carbocycles. The van der Waals surface area contributed by atoms with Crippen molar-refractivity contribution in [3.63, 3.8) is 0 Å². The van der Waals surface area contributed by atoms with Gasteiger partial charge in [-0.2, -0.15) is 0 Å². The van der Waals surface area contributed by atoms with Crippen molar-refractivity contribution in [1.82, 2.24) is 9.97 Å². The second-order valence-electron chi connectivity index (χ2n) is 4.09. The van der Waals surface area contributed by atoms with Gasteiger partial charge in [-0.05, 0) is 43.3 Å². The second-order valence-corrected chi connectivity index (χ2v) is 4.09. The lowest BCUT2D eigenvalue weighted by Crippen LogP contribution is -2.05. The Bertz CT molecular complexity index is 540. The third kappa shape index (κ3) is 2.65. The molecule has 0 aliphatic carbocycles. The first-order valence-electron chi connectivity index (χ1n) is 5.91. The molecule has 1 aromatic heterocycles. The lowest BCUT2D eigenvalue weighted by atomic mass is 10.1. The third-order valence-electron chi connectivity index (χ3n) is 2.77. The van der Waals surface area contributed by atoms with Gasteiger partial charge in [0.25, 0.3) is 0 Å². The highest BCUT2D eigenvalue weighted by Crippen LogP contribution is 2.23. The van der Waals surface area contributed by atoms with Gasteiger partial charge < -0.3 is 10.5 Å². The van der Waals surface area contributed by atoms with Gasteiger partial charge >= 0.3 is 0 Å². The maximum Gasteiger partial charge on any atom is 0.159 e. The van der Waals surface area contributed by atoms with Gasteiger partial charge in [-0.1, -0.05) is 0 Å². The maximum absolute atomic E-state index is 5.53. The van der Waals surface area contributed by atoms with Gasteiger partial charge in [-0.3, -0.25) is 0 Å². The van der Waals surface area contributed by atoms with Crippen molar-refractivity contribution in [2.75, 3.05) is 13.7 Å². The number of nitrogens with two attached hydrogens (primary N) is 1. The number of ether oxygens (including phenoxy) is 1. The van der Waals surface area contributed by atoms with Crippen molar-refractivity contribution >= 4 is 0 Å². The summed E-state index contributed by atoms with van der Waals surface area (Å²) in [6, 6.07) is 7.82. The largest absolute Gasteiger partial charge is 0.496 e. The highest BCUT2D eigenvalue weighted by Gasteiger charge is 2.05. The monoisotopic (exact) mass is 243 g/mol. The minimum absolute atomic E-state index is 0.595. The van der Waals surface area contributed by atoms with E-state index in [4.69, 9.17) is 10.5 Å². The molecule has 0 aliphatic rings. The molecule has 0 unspecified atom stereocenters. The Labute approximate surface area is 107 Å². The van der Waals surface area contributed by atoms with Crippen LogP contribution in [-0.2, 0) is 6.42 Å². The normalized spacial score (nSPS) is 10.4. The number of benzene rings is 1. The van der Waals surface area contributed by atoms with Gasteiger partial charge in [-0.25, -0.2) is 9.97 Å². The van der Waals surface area contributed by atoms with Gasteiger partial charge in [0.2, 0.25) is 0 Å². The van der Waals surface area contributed by atoms with E-state index in [0.717, 1.165) is 34.8 Å². The molecule has 0 bridgehead atoms. The van der Waals surface area contributed by atoms with Crippen molar-refractivity contribution in [2.45, 2.75) is 13.3 Å². The zero-order chi connectivity index (χ0) is 13.0. The highest BCUT2D eigenvalue weighted by atomic mass is 16.5. The number of nitrogens with zero attached hydrogens (tertiary/aromatic N) is 2. The number of hydrogen-bond donors (Lipinski definition) is 1. The summed E-state index contributed by atoms with van der Waals surface area (Å²) < 4.78 is 5.24. The Morgan fingerprint density at radius 1 is 1.28 bits per heavy atom. The van der Waals surface area contributed by atoms with E-state index < -0.39 is 0 Å². The van der Waals surface area contributed by atoms with E-state index in [9.17, 15) is 0 Å². The van der Waals surface area contributed by atoms with Gasteiger partial charge in [0.1, 0.15) is 5.75 Å². The topological polar surface area (TPSA) is 61.0 Å². The summed E-state index contributed by atoms with van der Waals surface area (Å²) in [5.41, 5.74) is 8.57. The van der Waals surface area contributed by atoms with Crippen LogP contribution >= 0.6 is 0 Å². The van der Waals surface area contributed by atoms with Crippen LogP contribution in [0.2, 0.25) is 0 Å². The number of methoxy groups -OCH3 is 1. The van der Waals surface area contributed by atoms with Gasteiger partial charge in [0.05, 0.1) is 7.11 Å². The fraction of sp³-hybridized carbons (Fsp3) is 0.286. The standard InChI is InChI=1S/C14H17N3O/c1-10-9-11(3-4-13(10)18-2)14-16-8-6-12(17-14)5-7-15/h3-4,6,8-9H,5,7,15H2,1-2H3. The average molecular weight is 243 g/mol. The molecule has 2 rings (SSSR count). The molecule has 0 amide bonds. The SMILES string of the molecule is COc1ccc(-c2nccc(CCN)n2)cc1C. The van der Waals surface area contributed by atoms with Crippen LogP contribution in [0.5, 0.6) is 5.75 Å². The number of aromatic nitrogens is 2. The molecule has 4 heteroatoms. The van der Waals surface area contributed by atoms with Crippen molar-refractivity contribution in [2.24, 2.45) is 5.73 Å². The molecular formula is C14H17N3O. The maximum atomic E-state index is 5.53. The van der Waals surface area contributed by atoms with E-state index >= 15 is 0 Å². The molecule has 0 atom stereocenters. The predicted molar refractivity (Wildman–Crippen MR) is 71.5 cm³/mol. The summed E-state index contributed by atoms with van der Waals surface area (Å²) in [4.78, 5) is 8.79. The Morgan fingerprint density at radius 3 is 2.78 bits per heavy atom. The molecule has 0 fully saturated rings. The lowest BCUT2D eigenvalue weighted by Gasteiger charge is -2.07. The van der Waals surface area contributed by atoms with Gasteiger partial charge in [0, 0.05) is 23.9 Å². The van der Waals surface area contributed by atoms with Crippen LogP contribution in [0.1, 0.15) is 11.3 Å². The van der Waals surface area contributed by atoms with E-state index in [1.165, 1.54) is 0 Å². The van der Waals surface area contributed by atoms with Crippen molar-refractivity contribution < 1.29 is 4.74 Å². The van der Waals surface area contributed by atoms with Crippen molar-refractivity contribution in [3.8, 4) is 17.1 Å². The van der Waals surface area contributed by atoms with E-state index in [0.29, 0.717) is 6.54 Å².